The van der Waals surface area contributed by atoms with Gasteiger partial charge in [0.05, 0.1) is 13.2 Å². The van der Waals surface area contributed by atoms with Crippen LogP contribution in [0.25, 0.3) is 0 Å². The van der Waals surface area contributed by atoms with E-state index in [0.717, 1.165) is 69.0 Å². The number of halogens is 1. The summed E-state index contributed by atoms with van der Waals surface area (Å²) in [5, 5.41) is 6.71. The normalized spacial score (nSPS) is 15.2. The van der Waals surface area contributed by atoms with E-state index in [0.29, 0.717) is 0 Å². The maximum atomic E-state index is 12.9. The standard InChI is InChI=1S/C23H31FN4OS/c1-25-23(26-11-2-16-30-22-9-7-21(24)8-10-22)27-17-19-3-5-20(6-4-19)18-28-12-14-29-15-13-28/h3-10H,2,11-18H2,1H3,(H2,25,26,27). The van der Waals surface area contributed by atoms with E-state index >= 15 is 0 Å². The predicted octanol–water partition coefficient (Wildman–Crippen LogP) is 3.51. The summed E-state index contributed by atoms with van der Waals surface area (Å²) in [6.07, 6.45) is 0.999. The van der Waals surface area contributed by atoms with Gasteiger partial charge in [-0.15, -0.1) is 11.8 Å². The van der Waals surface area contributed by atoms with Gasteiger partial charge in [-0.05, 0) is 47.6 Å². The number of hydrogen-bond donors (Lipinski definition) is 2. The van der Waals surface area contributed by atoms with Crippen LogP contribution in [0.4, 0.5) is 4.39 Å². The summed E-state index contributed by atoms with van der Waals surface area (Å²) in [6.45, 7) is 6.24. The molecule has 1 aliphatic rings. The number of nitrogens with zero attached hydrogens (tertiary/aromatic N) is 2. The Labute approximate surface area is 183 Å². The van der Waals surface area contributed by atoms with Crippen molar-refractivity contribution in [2.75, 3.05) is 45.6 Å². The zero-order valence-corrected chi connectivity index (χ0v) is 18.4. The number of thioether (sulfide) groups is 1. The minimum atomic E-state index is -0.192. The summed E-state index contributed by atoms with van der Waals surface area (Å²) >= 11 is 1.73. The first-order valence-corrected chi connectivity index (χ1v) is 11.4. The monoisotopic (exact) mass is 430 g/mol. The van der Waals surface area contributed by atoms with Gasteiger partial charge in [-0.2, -0.15) is 0 Å². The van der Waals surface area contributed by atoms with Crippen molar-refractivity contribution in [1.82, 2.24) is 15.5 Å². The highest BCUT2D eigenvalue weighted by molar-refractivity contribution is 7.99. The molecule has 0 bridgehead atoms. The van der Waals surface area contributed by atoms with Crippen molar-refractivity contribution in [2.45, 2.75) is 24.4 Å². The number of benzene rings is 2. The maximum Gasteiger partial charge on any atom is 0.191 e. The summed E-state index contributed by atoms with van der Waals surface area (Å²) in [5.74, 6) is 1.59. The molecule has 0 saturated carbocycles. The van der Waals surface area contributed by atoms with Crippen LogP contribution < -0.4 is 10.6 Å². The van der Waals surface area contributed by atoms with Gasteiger partial charge in [-0.25, -0.2) is 4.39 Å². The number of nitrogens with one attached hydrogen (secondary N) is 2. The maximum absolute atomic E-state index is 12.9. The molecule has 30 heavy (non-hydrogen) atoms. The Morgan fingerprint density at radius 1 is 1.03 bits per heavy atom. The van der Waals surface area contributed by atoms with Gasteiger partial charge in [0.25, 0.3) is 0 Å². The van der Waals surface area contributed by atoms with Gasteiger partial charge in [0, 0.05) is 44.7 Å². The molecule has 0 unspecified atom stereocenters. The second-order valence-electron chi connectivity index (χ2n) is 7.21. The van der Waals surface area contributed by atoms with Crippen LogP contribution in [0.15, 0.2) is 58.4 Å². The summed E-state index contributed by atoms with van der Waals surface area (Å²) < 4.78 is 18.3. The molecule has 5 nitrogen and oxygen atoms in total. The lowest BCUT2D eigenvalue weighted by molar-refractivity contribution is 0.0342. The fourth-order valence-corrected chi connectivity index (χ4v) is 4.04. The fraction of sp³-hybridized carbons (Fsp3) is 0.435. The Balaban J connectivity index is 1.32. The van der Waals surface area contributed by atoms with E-state index in [2.05, 4.69) is 44.8 Å². The molecule has 162 valence electrons. The first kappa shape index (κ1) is 22.6. The van der Waals surface area contributed by atoms with E-state index in [1.165, 1.54) is 23.3 Å². The lowest BCUT2D eigenvalue weighted by Gasteiger charge is -2.26. The van der Waals surface area contributed by atoms with E-state index in [1.807, 2.05) is 12.1 Å². The Bertz CT molecular complexity index is 777. The van der Waals surface area contributed by atoms with Crippen LogP contribution in [0.1, 0.15) is 17.5 Å². The van der Waals surface area contributed by atoms with Crippen molar-refractivity contribution in [3.8, 4) is 0 Å². The van der Waals surface area contributed by atoms with Gasteiger partial charge < -0.3 is 15.4 Å². The van der Waals surface area contributed by atoms with Gasteiger partial charge in [0.2, 0.25) is 0 Å². The summed E-state index contributed by atoms with van der Waals surface area (Å²) in [7, 11) is 1.79. The first-order valence-electron chi connectivity index (χ1n) is 10.4. The molecule has 3 rings (SSSR count). The second-order valence-corrected chi connectivity index (χ2v) is 8.38. The molecule has 1 saturated heterocycles. The van der Waals surface area contributed by atoms with Gasteiger partial charge in [0.15, 0.2) is 5.96 Å². The average molecular weight is 431 g/mol. The quantitative estimate of drug-likeness (QED) is 0.276. The summed E-state index contributed by atoms with van der Waals surface area (Å²) in [6, 6.07) is 15.4. The van der Waals surface area contributed by atoms with Crippen LogP contribution in [0.5, 0.6) is 0 Å². The molecule has 2 aromatic carbocycles. The molecule has 0 aliphatic carbocycles. The highest BCUT2D eigenvalue weighted by atomic mass is 32.2. The van der Waals surface area contributed by atoms with Crippen molar-refractivity contribution in [3.63, 3.8) is 0 Å². The number of rotatable bonds is 9. The average Bonchev–Trinajstić information content (AvgIpc) is 2.78. The van der Waals surface area contributed by atoms with E-state index in [9.17, 15) is 4.39 Å². The van der Waals surface area contributed by atoms with Crippen LogP contribution in [-0.2, 0) is 17.8 Å². The highest BCUT2D eigenvalue weighted by Gasteiger charge is 2.10. The van der Waals surface area contributed by atoms with E-state index in [1.54, 1.807) is 18.8 Å². The number of aliphatic imine (C=N–C) groups is 1. The van der Waals surface area contributed by atoms with Crippen molar-refractivity contribution in [3.05, 3.63) is 65.5 Å². The minimum Gasteiger partial charge on any atom is -0.379 e. The number of hydrogen-bond acceptors (Lipinski definition) is 4. The second kappa shape index (κ2) is 12.6. The predicted molar refractivity (Wildman–Crippen MR) is 122 cm³/mol. The molecular formula is C23H31FN4OS. The summed E-state index contributed by atoms with van der Waals surface area (Å²) in [5.41, 5.74) is 2.57. The molecule has 2 N–H and O–H groups in total. The smallest absolute Gasteiger partial charge is 0.191 e. The molecule has 7 heteroatoms. The third-order valence-corrected chi connectivity index (χ3v) is 6.01. The Hall–Kier alpha value is -2.09. The molecule has 2 aromatic rings. The van der Waals surface area contributed by atoms with Crippen molar-refractivity contribution < 1.29 is 9.13 Å². The first-order chi connectivity index (χ1) is 14.7. The van der Waals surface area contributed by atoms with Crippen LogP contribution in [0.2, 0.25) is 0 Å². The fourth-order valence-electron chi connectivity index (χ4n) is 3.19. The third kappa shape index (κ3) is 7.97. The van der Waals surface area contributed by atoms with Crippen molar-refractivity contribution >= 4 is 17.7 Å². The zero-order valence-electron chi connectivity index (χ0n) is 17.6. The van der Waals surface area contributed by atoms with E-state index in [-0.39, 0.29) is 5.82 Å². The van der Waals surface area contributed by atoms with Crippen LogP contribution in [-0.4, -0.2) is 56.5 Å². The van der Waals surface area contributed by atoms with E-state index in [4.69, 9.17) is 4.74 Å². The van der Waals surface area contributed by atoms with Crippen LogP contribution in [0, 0.1) is 5.82 Å². The molecule has 0 aromatic heterocycles. The molecule has 0 spiro atoms. The van der Waals surface area contributed by atoms with Gasteiger partial charge in [-0.3, -0.25) is 9.89 Å². The summed E-state index contributed by atoms with van der Waals surface area (Å²) in [4.78, 5) is 7.81. The van der Waals surface area contributed by atoms with Gasteiger partial charge in [0.1, 0.15) is 5.82 Å². The number of morpholine rings is 1. The molecule has 1 aliphatic heterocycles. The minimum absolute atomic E-state index is 0.192. The van der Waals surface area contributed by atoms with Crippen LogP contribution in [0.3, 0.4) is 0 Å². The zero-order chi connectivity index (χ0) is 21.0. The van der Waals surface area contributed by atoms with E-state index < -0.39 is 0 Å². The van der Waals surface area contributed by atoms with Crippen molar-refractivity contribution in [1.29, 1.82) is 0 Å². The lowest BCUT2D eigenvalue weighted by Crippen LogP contribution is -2.37. The molecule has 0 radical (unpaired) electrons. The van der Waals surface area contributed by atoms with Crippen molar-refractivity contribution in [2.24, 2.45) is 4.99 Å². The number of guanidine groups is 1. The van der Waals surface area contributed by atoms with Gasteiger partial charge >= 0.3 is 0 Å². The highest BCUT2D eigenvalue weighted by Crippen LogP contribution is 2.18. The third-order valence-electron chi connectivity index (χ3n) is 4.91. The Kier molecular flexibility index (Phi) is 9.47. The van der Waals surface area contributed by atoms with Gasteiger partial charge in [-0.1, -0.05) is 24.3 Å². The topological polar surface area (TPSA) is 48.9 Å². The molecule has 0 amide bonds. The largest absolute Gasteiger partial charge is 0.379 e. The molecule has 1 fully saturated rings. The number of ether oxygens (including phenoxy) is 1. The molecule has 1 heterocycles. The lowest BCUT2D eigenvalue weighted by atomic mass is 10.1. The Morgan fingerprint density at radius 3 is 2.43 bits per heavy atom. The SMILES string of the molecule is CN=C(NCCCSc1ccc(F)cc1)NCc1ccc(CN2CCOCC2)cc1. The molecular weight excluding hydrogens is 399 g/mol. The molecule has 0 atom stereocenters. The van der Waals surface area contributed by atoms with Crippen LogP contribution >= 0.6 is 11.8 Å². The Morgan fingerprint density at radius 2 is 1.73 bits per heavy atom.